The van der Waals surface area contributed by atoms with Crippen molar-refractivity contribution in [1.29, 1.82) is 0 Å². The quantitative estimate of drug-likeness (QED) is 0.608. The lowest BCUT2D eigenvalue weighted by molar-refractivity contribution is 0.363. The molecule has 0 saturated heterocycles. The standard InChI is InChI=1S/C14H29N/c1-4-11-15-14(13-8-9-13)10-7-12(5-2)6-3/h12-15H,4-11H2,1-3H3. The molecule has 0 aromatic carbocycles. The third-order valence-corrected chi connectivity index (χ3v) is 3.89. The molecule has 1 N–H and O–H groups in total. The van der Waals surface area contributed by atoms with Crippen LogP contribution in [0.4, 0.5) is 0 Å². The van der Waals surface area contributed by atoms with Gasteiger partial charge in [0.2, 0.25) is 0 Å². The van der Waals surface area contributed by atoms with E-state index in [1.807, 2.05) is 0 Å². The van der Waals surface area contributed by atoms with Crippen molar-refractivity contribution in [3.63, 3.8) is 0 Å². The number of nitrogens with one attached hydrogen (secondary N) is 1. The first kappa shape index (κ1) is 13.0. The molecule has 0 radical (unpaired) electrons. The zero-order chi connectivity index (χ0) is 11.1. The molecule has 0 bridgehead atoms. The molecule has 90 valence electrons. The van der Waals surface area contributed by atoms with E-state index < -0.39 is 0 Å². The van der Waals surface area contributed by atoms with Gasteiger partial charge in [0.1, 0.15) is 0 Å². The third kappa shape index (κ3) is 5.01. The maximum atomic E-state index is 3.73. The van der Waals surface area contributed by atoms with Crippen LogP contribution in [0.15, 0.2) is 0 Å². The summed E-state index contributed by atoms with van der Waals surface area (Å²) in [7, 11) is 0. The highest BCUT2D eigenvalue weighted by molar-refractivity contribution is 4.86. The van der Waals surface area contributed by atoms with E-state index in [9.17, 15) is 0 Å². The van der Waals surface area contributed by atoms with E-state index in [1.54, 1.807) is 0 Å². The average molecular weight is 211 g/mol. The van der Waals surface area contributed by atoms with Crippen molar-refractivity contribution in [2.75, 3.05) is 6.54 Å². The second-order valence-electron chi connectivity index (χ2n) is 5.16. The van der Waals surface area contributed by atoms with E-state index in [0.29, 0.717) is 0 Å². The zero-order valence-corrected chi connectivity index (χ0v) is 10.9. The zero-order valence-electron chi connectivity index (χ0n) is 10.9. The maximum absolute atomic E-state index is 3.73. The second-order valence-corrected chi connectivity index (χ2v) is 5.16. The molecule has 1 aliphatic carbocycles. The predicted octanol–water partition coefficient (Wildman–Crippen LogP) is 3.98. The van der Waals surface area contributed by atoms with Gasteiger partial charge < -0.3 is 5.32 Å². The minimum Gasteiger partial charge on any atom is -0.314 e. The fraction of sp³-hybridized carbons (Fsp3) is 1.00. The monoisotopic (exact) mass is 211 g/mol. The molecular weight excluding hydrogens is 182 g/mol. The first-order chi connectivity index (χ1) is 7.31. The first-order valence-corrected chi connectivity index (χ1v) is 7.05. The summed E-state index contributed by atoms with van der Waals surface area (Å²) in [5, 5.41) is 3.73. The van der Waals surface area contributed by atoms with E-state index in [4.69, 9.17) is 0 Å². The number of rotatable bonds is 9. The molecule has 1 rings (SSSR count). The Morgan fingerprint density at radius 2 is 1.73 bits per heavy atom. The Morgan fingerprint density at radius 3 is 2.20 bits per heavy atom. The summed E-state index contributed by atoms with van der Waals surface area (Å²) >= 11 is 0. The van der Waals surface area contributed by atoms with Crippen LogP contribution in [-0.2, 0) is 0 Å². The van der Waals surface area contributed by atoms with Crippen LogP contribution in [-0.4, -0.2) is 12.6 Å². The van der Waals surface area contributed by atoms with Gasteiger partial charge in [0.15, 0.2) is 0 Å². The Kier molecular flexibility index (Phi) is 6.31. The molecule has 1 atom stereocenters. The van der Waals surface area contributed by atoms with Crippen molar-refractivity contribution in [2.24, 2.45) is 11.8 Å². The van der Waals surface area contributed by atoms with Gasteiger partial charge in [0, 0.05) is 6.04 Å². The second kappa shape index (κ2) is 7.27. The average Bonchev–Trinajstić information content (AvgIpc) is 3.07. The van der Waals surface area contributed by atoms with Crippen LogP contribution in [0, 0.1) is 11.8 Å². The Labute approximate surface area is 96.0 Å². The van der Waals surface area contributed by atoms with E-state index >= 15 is 0 Å². The van der Waals surface area contributed by atoms with Crippen LogP contribution in [0.2, 0.25) is 0 Å². The lowest BCUT2D eigenvalue weighted by Crippen LogP contribution is -2.32. The Balaban J connectivity index is 2.18. The normalized spacial score (nSPS) is 18.4. The van der Waals surface area contributed by atoms with Gasteiger partial charge in [-0.05, 0) is 50.5 Å². The van der Waals surface area contributed by atoms with Crippen molar-refractivity contribution in [3.05, 3.63) is 0 Å². The Bertz CT molecular complexity index is 147. The summed E-state index contributed by atoms with van der Waals surface area (Å²) in [4.78, 5) is 0. The molecule has 1 aliphatic rings. The summed E-state index contributed by atoms with van der Waals surface area (Å²) in [5.41, 5.74) is 0. The molecular formula is C14H29N. The molecule has 1 saturated carbocycles. The van der Waals surface area contributed by atoms with Gasteiger partial charge in [0.05, 0.1) is 0 Å². The Hall–Kier alpha value is -0.0400. The van der Waals surface area contributed by atoms with Gasteiger partial charge in [0.25, 0.3) is 0 Å². The minimum atomic E-state index is 0.838. The highest BCUT2D eigenvalue weighted by Gasteiger charge is 2.30. The van der Waals surface area contributed by atoms with Gasteiger partial charge in [-0.3, -0.25) is 0 Å². The van der Waals surface area contributed by atoms with Crippen LogP contribution in [0.5, 0.6) is 0 Å². The predicted molar refractivity (Wildman–Crippen MR) is 68.1 cm³/mol. The lowest BCUT2D eigenvalue weighted by Gasteiger charge is -2.20. The van der Waals surface area contributed by atoms with Gasteiger partial charge in [-0.25, -0.2) is 0 Å². The molecule has 0 aromatic rings. The summed E-state index contributed by atoms with van der Waals surface area (Å²) in [6, 6.07) is 0.838. The molecule has 0 aromatic heterocycles. The van der Waals surface area contributed by atoms with Crippen LogP contribution < -0.4 is 5.32 Å². The minimum absolute atomic E-state index is 0.838. The van der Waals surface area contributed by atoms with Gasteiger partial charge in [-0.2, -0.15) is 0 Å². The van der Waals surface area contributed by atoms with Crippen molar-refractivity contribution in [1.82, 2.24) is 5.32 Å². The fourth-order valence-electron chi connectivity index (χ4n) is 2.44. The number of hydrogen-bond donors (Lipinski definition) is 1. The van der Waals surface area contributed by atoms with E-state index in [2.05, 4.69) is 26.1 Å². The van der Waals surface area contributed by atoms with Crippen molar-refractivity contribution in [2.45, 2.75) is 71.8 Å². The fourth-order valence-corrected chi connectivity index (χ4v) is 2.44. The maximum Gasteiger partial charge on any atom is 0.00954 e. The largest absolute Gasteiger partial charge is 0.314 e. The van der Waals surface area contributed by atoms with Gasteiger partial charge in [-0.15, -0.1) is 0 Å². The topological polar surface area (TPSA) is 12.0 Å². The summed E-state index contributed by atoms with van der Waals surface area (Å²) in [6.07, 6.45) is 9.80. The highest BCUT2D eigenvalue weighted by atomic mass is 14.9. The lowest BCUT2D eigenvalue weighted by atomic mass is 9.93. The van der Waals surface area contributed by atoms with Crippen molar-refractivity contribution >= 4 is 0 Å². The van der Waals surface area contributed by atoms with Crippen LogP contribution in [0.1, 0.15) is 65.7 Å². The molecule has 1 heteroatoms. The van der Waals surface area contributed by atoms with Gasteiger partial charge >= 0.3 is 0 Å². The summed E-state index contributed by atoms with van der Waals surface area (Å²) in [5.74, 6) is 1.99. The first-order valence-electron chi connectivity index (χ1n) is 7.05. The van der Waals surface area contributed by atoms with E-state index in [-0.39, 0.29) is 0 Å². The molecule has 1 nitrogen and oxygen atoms in total. The SMILES string of the molecule is CCCNC(CCC(CC)CC)C1CC1. The summed E-state index contributed by atoms with van der Waals surface area (Å²) in [6.45, 7) is 8.14. The molecule has 1 unspecified atom stereocenters. The smallest absolute Gasteiger partial charge is 0.00954 e. The van der Waals surface area contributed by atoms with Crippen molar-refractivity contribution < 1.29 is 0 Å². The molecule has 1 fully saturated rings. The number of hydrogen-bond acceptors (Lipinski definition) is 1. The van der Waals surface area contributed by atoms with Crippen LogP contribution in [0.25, 0.3) is 0 Å². The van der Waals surface area contributed by atoms with Gasteiger partial charge in [-0.1, -0.05) is 33.6 Å². The summed E-state index contributed by atoms with van der Waals surface area (Å²) < 4.78 is 0. The molecule has 0 heterocycles. The van der Waals surface area contributed by atoms with E-state index in [0.717, 1.165) is 17.9 Å². The third-order valence-electron chi connectivity index (χ3n) is 3.89. The molecule has 0 amide bonds. The van der Waals surface area contributed by atoms with Crippen molar-refractivity contribution in [3.8, 4) is 0 Å². The Morgan fingerprint density at radius 1 is 1.07 bits per heavy atom. The molecule has 15 heavy (non-hydrogen) atoms. The van der Waals surface area contributed by atoms with Crippen LogP contribution >= 0.6 is 0 Å². The van der Waals surface area contributed by atoms with Crippen LogP contribution in [0.3, 0.4) is 0 Å². The van der Waals surface area contributed by atoms with E-state index in [1.165, 1.54) is 51.5 Å². The molecule has 0 aliphatic heterocycles. The molecule has 0 spiro atoms. The highest BCUT2D eigenvalue weighted by Crippen LogP contribution is 2.35.